The Morgan fingerprint density at radius 3 is 1.05 bits per heavy atom. The molecule has 2 aliphatic carbocycles. The minimum absolute atomic E-state index is 0.245. The van der Waals surface area contributed by atoms with Gasteiger partial charge in [-0.25, -0.2) is 22.0 Å². The Labute approximate surface area is 495 Å². The molecule has 0 saturated heterocycles. The number of anilines is 3. The van der Waals surface area contributed by atoms with Crippen molar-refractivity contribution in [2.45, 2.75) is 10.8 Å². The Bertz CT molecular complexity index is 4350. The summed E-state index contributed by atoms with van der Waals surface area (Å²) in [6.45, 7) is 7.73. The Morgan fingerprint density at radius 2 is 0.651 bits per heavy atom. The zero-order chi connectivity index (χ0) is 58.7. The molecular weight excluding hydrogens is 1080 g/mol. The molecule has 0 N–H and O–H groups in total. The first-order valence-electron chi connectivity index (χ1n) is 28.1. The summed E-state index contributed by atoms with van der Waals surface area (Å²) in [5.41, 5.74) is 11.4. The molecule has 0 saturated carbocycles. The molecule has 14 rings (SSSR count). The standard InChI is InChI=1S/C78H50F5NO2/c1-3-49-13-33-61(34-14-49)85-63-37-21-53(22-38-63)77(71-43-27-56(80)45-75(71)82)69-11-7-5-9-65(69)67-41-31-59(47-73(67)77)84(58-29-19-52(20-30-58)51-17-25-55(79)26-18-51)60-32-42-68-66-10-6-8-12-70(66)78(74(68)48-60,72-44-28-57(81)46-76(72)83)54-23-39-64(40-24-54)86-62-35-15-50(4-2)16-36-62/h3-48H,1-2H2. The topological polar surface area (TPSA) is 21.7 Å². The molecular formula is C78H50F5NO2. The molecule has 414 valence electrons. The van der Waals surface area contributed by atoms with E-state index in [9.17, 15) is 4.39 Å². The Kier molecular flexibility index (Phi) is 13.2. The van der Waals surface area contributed by atoms with Crippen LogP contribution in [0.15, 0.2) is 280 Å². The minimum atomic E-state index is -1.35. The lowest BCUT2D eigenvalue weighted by Crippen LogP contribution is -2.30. The summed E-state index contributed by atoms with van der Waals surface area (Å²) in [4.78, 5) is 2.11. The van der Waals surface area contributed by atoms with Crippen molar-refractivity contribution in [2.75, 3.05) is 4.90 Å². The van der Waals surface area contributed by atoms with Gasteiger partial charge in [-0.1, -0.05) is 171 Å². The van der Waals surface area contributed by atoms with Gasteiger partial charge in [0, 0.05) is 40.3 Å². The van der Waals surface area contributed by atoms with Crippen molar-refractivity contribution in [1.29, 1.82) is 0 Å². The SMILES string of the molecule is C=Cc1ccc(Oc2ccc(C3(c4ccc(F)cc4F)c4ccccc4-c4ccc(N(c5ccc(-c6ccc(F)cc6)cc5)c5ccc6c(c5)C(c5ccc(Oc7ccc(C=C)cc7)cc5)(c5ccc(F)cc5F)c5ccccc5-6)cc43)cc2)cc1. The average Bonchev–Trinajstić information content (AvgIpc) is 1.71. The summed E-state index contributed by atoms with van der Waals surface area (Å²) in [7, 11) is 0. The number of benzene rings is 12. The van der Waals surface area contributed by atoms with Gasteiger partial charge in [-0.2, -0.15) is 0 Å². The number of hydrogen-bond donors (Lipinski definition) is 0. The van der Waals surface area contributed by atoms with Gasteiger partial charge in [0.15, 0.2) is 0 Å². The van der Waals surface area contributed by atoms with E-state index in [1.165, 1.54) is 36.4 Å². The largest absolute Gasteiger partial charge is 0.457 e. The van der Waals surface area contributed by atoms with Gasteiger partial charge in [0.05, 0.1) is 10.8 Å². The van der Waals surface area contributed by atoms with Crippen molar-refractivity contribution in [3.05, 3.63) is 365 Å². The molecule has 0 heterocycles. The first kappa shape index (κ1) is 53.2. The molecule has 12 aromatic rings. The van der Waals surface area contributed by atoms with Gasteiger partial charge < -0.3 is 14.4 Å². The van der Waals surface area contributed by atoms with Gasteiger partial charge in [0.2, 0.25) is 0 Å². The first-order chi connectivity index (χ1) is 42.0. The van der Waals surface area contributed by atoms with Crippen molar-refractivity contribution in [1.82, 2.24) is 0 Å². The molecule has 0 radical (unpaired) electrons. The molecule has 0 fully saturated rings. The molecule has 8 heteroatoms. The quantitative estimate of drug-likeness (QED) is 0.101. The summed E-state index contributed by atoms with van der Waals surface area (Å²) in [6.07, 6.45) is 3.52. The number of hydrogen-bond acceptors (Lipinski definition) is 3. The Morgan fingerprint density at radius 1 is 0.302 bits per heavy atom. The molecule has 0 aromatic heterocycles. The first-order valence-corrected chi connectivity index (χ1v) is 28.1. The summed E-state index contributed by atoms with van der Waals surface area (Å²) in [5, 5.41) is 0. The Balaban J connectivity index is 0.985. The number of fused-ring (bicyclic) bond motifs is 6. The van der Waals surface area contributed by atoms with Gasteiger partial charge >= 0.3 is 0 Å². The lowest BCUT2D eigenvalue weighted by Gasteiger charge is -2.36. The average molecular weight is 1130 g/mol. The zero-order valence-electron chi connectivity index (χ0n) is 46.1. The highest BCUT2D eigenvalue weighted by molar-refractivity contribution is 5.92. The zero-order valence-corrected chi connectivity index (χ0v) is 46.1. The maximum atomic E-state index is 17.3. The minimum Gasteiger partial charge on any atom is -0.457 e. The summed E-state index contributed by atoms with van der Waals surface area (Å²) in [5.74, 6) is -0.856. The van der Waals surface area contributed by atoms with E-state index in [2.05, 4.69) is 42.3 Å². The van der Waals surface area contributed by atoms with Crippen molar-refractivity contribution in [3.8, 4) is 56.4 Å². The smallest absolute Gasteiger partial charge is 0.130 e. The summed E-state index contributed by atoms with van der Waals surface area (Å²) in [6, 6.07) is 80.3. The van der Waals surface area contributed by atoms with Crippen molar-refractivity contribution >= 4 is 29.2 Å². The fraction of sp³-hybridized carbons (Fsp3) is 0.0256. The van der Waals surface area contributed by atoms with Crippen LogP contribution in [-0.4, -0.2) is 0 Å². The molecule has 86 heavy (non-hydrogen) atoms. The third-order valence-corrected chi connectivity index (χ3v) is 16.8. The van der Waals surface area contributed by atoms with Gasteiger partial charge in [0.1, 0.15) is 52.1 Å². The van der Waals surface area contributed by atoms with Crippen molar-refractivity contribution in [2.24, 2.45) is 0 Å². The van der Waals surface area contributed by atoms with E-state index in [0.29, 0.717) is 45.5 Å². The van der Waals surface area contributed by atoms with E-state index >= 15 is 17.6 Å². The third-order valence-electron chi connectivity index (χ3n) is 16.8. The maximum absolute atomic E-state index is 17.3. The van der Waals surface area contributed by atoms with Gasteiger partial charge in [-0.3, -0.25) is 0 Å². The predicted molar refractivity (Wildman–Crippen MR) is 334 cm³/mol. The van der Waals surface area contributed by atoms with Crippen LogP contribution >= 0.6 is 0 Å². The molecule has 0 spiro atoms. The fourth-order valence-corrected chi connectivity index (χ4v) is 13.0. The van der Waals surface area contributed by atoms with Crippen LogP contribution in [0.1, 0.15) is 55.6 Å². The summed E-state index contributed by atoms with van der Waals surface area (Å²) < 4.78 is 92.0. The molecule has 2 aliphatic rings. The van der Waals surface area contributed by atoms with E-state index in [0.717, 1.165) is 84.6 Å². The van der Waals surface area contributed by atoms with E-state index in [-0.39, 0.29) is 16.9 Å². The second kappa shape index (κ2) is 21.4. The van der Waals surface area contributed by atoms with Crippen LogP contribution in [0.4, 0.5) is 39.0 Å². The van der Waals surface area contributed by atoms with Crippen molar-refractivity contribution in [3.63, 3.8) is 0 Å². The molecule has 2 atom stereocenters. The molecule has 0 amide bonds. The molecule has 2 unspecified atom stereocenters. The van der Waals surface area contributed by atoms with Crippen LogP contribution in [0.2, 0.25) is 0 Å². The Hall–Kier alpha value is -10.8. The van der Waals surface area contributed by atoms with Crippen LogP contribution in [0.3, 0.4) is 0 Å². The lowest BCUT2D eigenvalue weighted by atomic mass is 9.67. The fourth-order valence-electron chi connectivity index (χ4n) is 13.0. The van der Waals surface area contributed by atoms with Crippen LogP contribution in [-0.2, 0) is 10.8 Å². The molecule has 3 nitrogen and oxygen atoms in total. The second-order valence-corrected chi connectivity index (χ2v) is 21.5. The van der Waals surface area contributed by atoms with Crippen LogP contribution in [0.5, 0.6) is 23.0 Å². The third kappa shape index (κ3) is 8.88. The molecule has 0 aliphatic heterocycles. The van der Waals surface area contributed by atoms with Crippen LogP contribution in [0.25, 0.3) is 45.5 Å². The van der Waals surface area contributed by atoms with Crippen LogP contribution < -0.4 is 14.4 Å². The number of rotatable bonds is 14. The van der Waals surface area contributed by atoms with Crippen molar-refractivity contribution < 1.29 is 31.4 Å². The molecule has 0 bridgehead atoms. The predicted octanol–water partition coefficient (Wildman–Crippen LogP) is 21.1. The maximum Gasteiger partial charge on any atom is 0.130 e. The van der Waals surface area contributed by atoms with Crippen LogP contribution in [0, 0.1) is 29.1 Å². The van der Waals surface area contributed by atoms with Gasteiger partial charge in [-0.15, -0.1) is 0 Å². The lowest BCUT2D eigenvalue weighted by molar-refractivity contribution is 0.481. The number of halogens is 5. The molecule has 12 aromatic carbocycles. The van der Waals surface area contributed by atoms with Gasteiger partial charge in [-0.05, 0) is 187 Å². The highest BCUT2D eigenvalue weighted by atomic mass is 19.1. The second-order valence-electron chi connectivity index (χ2n) is 21.5. The van der Waals surface area contributed by atoms with E-state index in [1.807, 2.05) is 182 Å². The number of ether oxygens (including phenoxy) is 2. The van der Waals surface area contributed by atoms with E-state index < -0.39 is 34.1 Å². The monoisotopic (exact) mass is 1130 g/mol. The summed E-state index contributed by atoms with van der Waals surface area (Å²) >= 11 is 0. The van der Waals surface area contributed by atoms with Gasteiger partial charge in [0.25, 0.3) is 0 Å². The number of nitrogens with zero attached hydrogens (tertiary/aromatic N) is 1. The highest BCUT2D eigenvalue weighted by Gasteiger charge is 2.50. The normalized spacial score (nSPS) is 15.2. The van der Waals surface area contributed by atoms with E-state index in [1.54, 1.807) is 24.3 Å². The highest BCUT2D eigenvalue weighted by Crippen LogP contribution is 2.60. The van der Waals surface area contributed by atoms with E-state index in [4.69, 9.17) is 9.47 Å².